The second kappa shape index (κ2) is 5.32. The lowest BCUT2D eigenvalue weighted by molar-refractivity contribution is -0.137. The third-order valence-electron chi connectivity index (χ3n) is 3.48. The van der Waals surface area contributed by atoms with E-state index in [1.807, 2.05) is 0 Å². The number of nitrogens with one attached hydrogen (secondary N) is 1. The summed E-state index contributed by atoms with van der Waals surface area (Å²) in [7, 11) is 0. The number of aliphatic carboxylic acids is 1. The summed E-state index contributed by atoms with van der Waals surface area (Å²) in [5.41, 5.74) is 4.07. The van der Waals surface area contributed by atoms with Gasteiger partial charge in [-0.25, -0.2) is 0 Å². The Balaban J connectivity index is 2.08. The third kappa shape index (κ3) is 3.07. The Morgan fingerprint density at radius 3 is 3.06 bits per heavy atom. The molecule has 1 aromatic rings. The highest BCUT2D eigenvalue weighted by Crippen LogP contribution is 2.24. The molecule has 0 spiro atoms. The summed E-state index contributed by atoms with van der Waals surface area (Å²) in [5, 5.41) is 12.0. The van der Waals surface area contributed by atoms with Crippen LogP contribution in [0.1, 0.15) is 42.4 Å². The maximum absolute atomic E-state index is 10.6. The van der Waals surface area contributed by atoms with Gasteiger partial charge in [0.25, 0.3) is 0 Å². The van der Waals surface area contributed by atoms with Gasteiger partial charge in [0.1, 0.15) is 0 Å². The average Bonchev–Trinajstić information content (AvgIpc) is 2.35. The second-order valence-corrected chi connectivity index (χ2v) is 4.79. The summed E-state index contributed by atoms with van der Waals surface area (Å²) < 4.78 is 0. The van der Waals surface area contributed by atoms with Crippen LogP contribution in [0, 0.1) is 0 Å². The van der Waals surface area contributed by atoms with E-state index in [1.165, 1.54) is 16.7 Å². The minimum Gasteiger partial charge on any atom is -0.481 e. The molecule has 2 N–H and O–H groups in total. The van der Waals surface area contributed by atoms with Gasteiger partial charge in [-0.15, -0.1) is 0 Å². The van der Waals surface area contributed by atoms with Crippen molar-refractivity contribution in [2.75, 3.05) is 6.54 Å². The molecule has 1 aliphatic heterocycles. The molecule has 92 valence electrons. The van der Waals surface area contributed by atoms with Crippen LogP contribution in [0.2, 0.25) is 0 Å². The van der Waals surface area contributed by atoms with Crippen molar-refractivity contribution in [1.82, 2.24) is 5.32 Å². The van der Waals surface area contributed by atoms with Crippen molar-refractivity contribution < 1.29 is 9.90 Å². The van der Waals surface area contributed by atoms with Crippen molar-refractivity contribution in [2.45, 2.75) is 38.6 Å². The van der Waals surface area contributed by atoms with Gasteiger partial charge in [0.2, 0.25) is 0 Å². The predicted molar refractivity (Wildman–Crippen MR) is 67.1 cm³/mol. The summed E-state index contributed by atoms with van der Waals surface area (Å²) in [6.07, 6.45) is 2.04. The van der Waals surface area contributed by atoms with Crippen LogP contribution in [0.3, 0.4) is 0 Å². The zero-order valence-electron chi connectivity index (χ0n) is 10.2. The Bertz CT molecular complexity index is 415. The van der Waals surface area contributed by atoms with E-state index in [1.54, 1.807) is 0 Å². The van der Waals surface area contributed by atoms with E-state index in [4.69, 9.17) is 5.11 Å². The fourth-order valence-corrected chi connectivity index (χ4v) is 2.31. The van der Waals surface area contributed by atoms with Crippen LogP contribution in [0.15, 0.2) is 18.2 Å². The molecule has 0 saturated carbocycles. The molecule has 1 aliphatic rings. The fraction of sp³-hybridized carbons (Fsp3) is 0.500. The van der Waals surface area contributed by atoms with E-state index in [-0.39, 0.29) is 6.42 Å². The van der Waals surface area contributed by atoms with Crippen molar-refractivity contribution in [3.63, 3.8) is 0 Å². The minimum absolute atomic E-state index is 0.250. The molecular weight excluding hydrogens is 214 g/mol. The van der Waals surface area contributed by atoms with Crippen LogP contribution in [0.5, 0.6) is 0 Å². The number of carboxylic acids is 1. The van der Waals surface area contributed by atoms with Gasteiger partial charge >= 0.3 is 5.97 Å². The van der Waals surface area contributed by atoms with Crippen LogP contribution in [0.4, 0.5) is 0 Å². The number of fused-ring (bicyclic) bond motifs is 1. The Morgan fingerprint density at radius 1 is 1.47 bits per heavy atom. The highest BCUT2D eigenvalue weighted by molar-refractivity contribution is 5.66. The molecule has 1 unspecified atom stereocenters. The second-order valence-electron chi connectivity index (χ2n) is 4.79. The van der Waals surface area contributed by atoms with Crippen LogP contribution >= 0.6 is 0 Å². The molecule has 0 aliphatic carbocycles. The standard InChI is InChI=1S/C14H19NO2/c1-10(2-5-14(16)17)11-3-4-13-9-15-7-6-12(13)8-11/h3-4,8,10,15H,2,5-7,9H2,1H3,(H,16,17). The number of hydrogen-bond donors (Lipinski definition) is 2. The molecule has 0 bridgehead atoms. The molecule has 2 rings (SSSR count). The predicted octanol–water partition coefficient (Wildman–Crippen LogP) is 2.30. The van der Waals surface area contributed by atoms with Crippen LogP contribution in [-0.2, 0) is 17.8 Å². The molecule has 1 aromatic carbocycles. The maximum Gasteiger partial charge on any atom is 0.303 e. The van der Waals surface area contributed by atoms with Gasteiger partial charge in [-0.2, -0.15) is 0 Å². The smallest absolute Gasteiger partial charge is 0.303 e. The summed E-state index contributed by atoms with van der Waals surface area (Å²) in [6.45, 7) is 4.10. The van der Waals surface area contributed by atoms with Gasteiger partial charge in [-0.3, -0.25) is 4.79 Å². The molecule has 0 amide bonds. The zero-order valence-corrected chi connectivity index (χ0v) is 10.2. The third-order valence-corrected chi connectivity index (χ3v) is 3.48. The molecule has 3 heteroatoms. The van der Waals surface area contributed by atoms with Gasteiger partial charge in [-0.05, 0) is 42.0 Å². The first kappa shape index (κ1) is 12.1. The first-order valence-corrected chi connectivity index (χ1v) is 6.21. The van der Waals surface area contributed by atoms with E-state index >= 15 is 0 Å². The molecule has 0 saturated heterocycles. The normalized spacial score (nSPS) is 16.3. The Morgan fingerprint density at radius 2 is 2.29 bits per heavy atom. The molecule has 0 fully saturated rings. The lowest BCUT2D eigenvalue weighted by Gasteiger charge is -2.19. The summed E-state index contributed by atoms with van der Waals surface area (Å²) in [4.78, 5) is 10.6. The van der Waals surface area contributed by atoms with Gasteiger partial charge in [0, 0.05) is 13.0 Å². The van der Waals surface area contributed by atoms with Crippen LogP contribution < -0.4 is 5.32 Å². The first-order chi connectivity index (χ1) is 8.16. The van der Waals surface area contributed by atoms with Crippen LogP contribution in [0.25, 0.3) is 0 Å². The van der Waals surface area contributed by atoms with E-state index < -0.39 is 5.97 Å². The monoisotopic (exact) mass is 233 g/mol. The molecule has 1 atom stereocenters. The molecule has 17 heavy (non-hydrogen) atoms. The number of carbonyl (C=O) groups is 1. The van der Waals surface area contributed by atoms with E-state index in [9.17, 15) is 4.79 Å². The molecular formula is C14H19NO2. The van der Waals surface area contributed by atoms with Crippen molar-refractivity contribution in [2.24, 2.45) is 0 Å². The lowest BCUT2D eigenvalue weighted by Crippen LogP contribution is -2.23. The Labute approximate surface area is 102 Å². The number of carboxylic acid groups (broad SMARTS) is 1. The van der Waals surface area contributed by atoms with E-state index in [0.717, 1.165) is 19.5 Å². The number of benzene rings is 1. The Hall–Kier alpha value is -1.35. The van der Waals surface area contributed by atoms with Gasteiger partial charge in [-0.1, -0.05) is 25.1 Å². The quantitative estimate of drug-likeness (QED) is 0.839. The zero-order chi connectivity index (χ0) is 12.3. The van der Waals surface area contributed by atoms with Gasteiger partial charge in [0.05, 0.1) is 0 Å². The lowest BCUT2D eigenvalue weighted by atomic mass is 9.91. The highest BCUT2D eigenvalue weighted by Gasteiger charge is 2.12. The fourth-order valence-electron chi connectivity index (χ4n) is 2.31. The molecule has 3 nitrogen and oxygen atoms in total. The molecule has 0 radical (unpaired) electrons. The average molecular weight is 233 g/mol. The number of rotatable bonds is 4. The largest absolute Gasteiger partial charge is 0.481 e. The van der Waals surface area contributed by atoms with Crippen LogP contribution in [-0.4, -0.2) is 17.6 Å². The minimum atomic E-state index is -0.709. The summed E-state index contributed by atoms with van der Waals surface area (Å²) >= 11 is 0. The number of hydrogen-bond acceptors (Lipinski definition) is 2. The maximum atomic E-state index is 10.6. The highest BCUT2D eigenvalue weighted by atomic mass is 16.4. The summed E-state index contributed by atoms with van der Waals surface area (Å²) in [6, 6.07) is 6.56. The first-order valence-electron chi connectivity index (χ1n) is 6.21. The Kier molecular flexibility index (Phi) is 3.79. The van der Waals surface area contributed by atoms with Gasteiger partial charge in [0.15, 0.2) is 0 Å². The summed E-state index contributed by atoms with van der Waals surface area (Å²) in [5.74, 6) is -0.384. The van der Waals surface area contributed by atoms with Crippen molar-refractivity contribution in [3.05, 3.63) is 34.9 Å². The van der Waals surface area contributed by atoms with E-state index in [2.05, 4.69) is 30.4 Å². The topological polar surface area (TPSA) is 49.3 Å². The van der Waals surface area contributed by atoms with Gasteiger partial charge < -0.3 is 10.4 Å². The van der Waals surface area contributed by atoms with E-state index in [0.29, 0.717) is 12.3 Å². The van der Waals surface area contributed by atoms with Crippen molar-refractivity contribution in [3.8, 4) is 0 Å². The SMILES string of the molecule is CC(CCC(=O)O)c1ccc2c(c1)CCNC2. The molecule has 1 heterocycles. The van der Waals surface area contributed by atoms with Crippen molar-refractivity contribution in [1.29, 1.82) is 0 Å². The molecule has 0 aromatic heterocycles. The van der Waals surface area contributed by atoms with Crippen molar-refractivity contribution >= 4 is 5.97 Å².